The highest BCUT2D eigenvalue weighted by molar-refractivity contribution is 7.81. The topological polar surface area (TPSA) is 29.5 Å². The van der Waals surface area contributed by atoms with Gasteiger partial charge in [-0.2, -0.15) is 12.6 Å². The predicted molar refractivity (Wildman–Crippen MR) is 36.7 cm³/mol. The van der Waals surface area contributed by atoms with Gasteiger partial charge in [-0.05, 0) is 6.42 Å². The molecule has 0 amide bonds. The summed E-state index contributed by atoms with van der Waals surface area (Å²) in [6.45, 7) is 0. The molecule has 4 atom stereocenters. The molecule has 2 nitrogen and oxygen atoms in total. The van der Waals surface area contributed by atoms with E-state index in [2.05, 4.69) is 12.6 Å². The van der Waals surface area contributed by atoms with E-state index in [1.165, 1.54) is 0 Å². The lowest BCUT2D eigenvalue weighted by atomic mass is 10.7. The van der Waals surface area contributed by atoms with Crippen molar-refractivity contribution in [2.75, 3.05) is 0 Å². The Morgan fingerprint density at radius 2 is 1.89 bits per heavy atom. The average molecular weight is 146 g/mol. The zero-order valence-electron chi connectivity index (χ0n) is 5.03. The Labute approximate surface area is 59.6 Å². The molecule has 1 N–H and O–H groups in total. The number of hydrogen-bond acceptors (Lipinski definition) is 3. The third-order valence-corrected chi connectivity index (χ3v) is 2.29. The molecule has 0 radical (unpaired) electrons. The first-order valence-electron chi connectivity index (χ1n) is 3.29. The van der Waals surface area contributed by atoms with Crippen LogP contribution in [0.1, 0.15) is 12.8 Å². The smallest absolute Gasteiger partial charge is 0.0864 e. The highest BCUT2D eigenvalue weighted by Gasteiger charge is 2.44. The van der Waals surface area contributed by atoms with Crippen LogP contribution < -0.4 is 0 Å². The Morgan fingerprint density at radius 1 is 1.33 bits per heavy atom. The summed E-state index contributed by atoms with van der Waals surface area (Å²) in [6.07, 6.45) is 2.21. The minimum atomic E-state index is -0.175. The van der Waals surface area contributed by atoms with Gasteiger partial charge in [-0.25, -0.2) is 0 Å². The van der Waals surface area contributed by atoms with Crippen molar-refractivity contribution in [1.29, 1.82) is 0 Å². The van der Waals surface area contributed by atoms with Gasteiger partial charge in [0.1, 0.15) is 0 Å². The first-order chi connectivity index (χ1) is 4.27. The van der Waals surface area contributed by atoms with Crippen LogP contribution in [-0.4, -0.2) is 28.7 Å². The highest BCUT2D eigenvalue weighted by atomic mass is 32.1. The van der Waals surface area contributed by atoms with Crippen LogP contribution >= 0.6 is 12.6 Å². The van der Waals surface area contributed by atoms with E-state index < -0.39 is 0 Å². The SMILES string of the molecule is OC1CC1OC1CC1S. The zero-order chi connectivity index (χ0) is 6.43. The molecule has 3 heteroatoms. The fourth-order valence-electron chi connectivity index (χ4n) is 0.836. The molecule has 0 saturated heterocycles. The van der Waals surface area contributed by atoms with E-state index in [0.29, 0.717) is 11.4 Å². The van der Waals surface area contributed by atoms with Crippen LogP contribution in [0.2, 0.25) is 0 Å². The Bertz CT molecular complexity index is 114. The lowest BCUT2D eigenvalue weighted by molar-refractivity contribution is 0.0717. The number of rotatable bonds is 2. The Balaban J connectivity index is 1.69. The fraction of sp³-hybridized carbons (Fsp3) is 1.00. The fourth-order valence-corrected chi connectivity index (χ4v) is 1.11. The number of aliphatic hydroxyl groups is 1. The van der Waals surface area contributed by atoms with Gasteiger partial charge in [-0.3, -0.25) is 0 Å². The molecule has 0 aromatic carbocycles. The van der Waals surface area contributed by atoms with Crippen LogP contribution in [-0.2, 0) is 4.74 Å². The number of thiol groups is 1. The second kappa shape index (κ2) is 1.87. The summed E-state index contributed by atoms with van der Waals surface area (Å²) in [6, 6.07) is 0. The summed E-state index contributed by atoms with van der Waals surface area (Å²) in [5.41, 5.74) is 0. The van der Waals surface area contributed by atoms with Crippen molar-refractivity contribution < 1.29 is 9.84 Å². The Kier molecular flexibility index (Phi) is 1.25. The van der Waals surface area contributed by atoms with Gasteiger partial charge in [-0.15, -0.1) is 0 Å². The van der Waals surface area contributed by atoms with Crippen molar-refractivity contribution >= 4 is 12.6 Å². The van der Waals surface area contributed by atoms with Crippen molar-refractivity contribution in [3.8, 4) is 0 Å². The minimum Gasteiger partial charge on any atom is -0.390 e. The molecule has 2 fully saturated rings. The van der Waals surface area contributed by atoms with Gasteiger partial charge in [0.15, 0.2) is 0 Å². The van der Waals surface area contributed by atoms with Gasteiger partial charge in [-0.1, -0.05) is 0 Å². The lowest BCUT2D eigenvalue weighted by Crippen LogP contribution is -2.02. The van der Waals surface area contributed by atoms with E-state index in [1.807, 2.05) is 0 Å². The molecular weight excluding hydrogens is 136 g/mol. The maximum Gasteiger partial charge on any atom is 0.0864 e. The first kappa shape index (κ1) is 6.01. The van der Waals surface area contributed by atoms with Crippen LogP contribution in [0, 0.1) is 0 Å². The second-order valence-corrected chi connectivity index (χ2v) is 3.48. The number of hydrogen-bond donors (Lipinski definition) is 2. The zero-order valence-corrected chi connectivity index (χ0v) is 5.92. The molecule has 2 aliphatic rings. The molecule has 0 aromatic rings. The van der Waals surface area contributed by atoms with Crippen LogP contribution in [0.25, 0.3) is 0 Å². The van der Waals surface area contributed by atoms with Crippen molar-refractivity contribution in [2.45, 2.75) is 36.4 Å². The molecule has 0 aliphatic heterocycles. The van der Waals surface area contributed by atoms with E-state index in [4.69, 9.17) is 9.84 Å². The van der Waals surface area contributed by atoms with Gasteiger partial charge >= 0.3 is 0 Å². The summed E-state index contributed by atoms with van der Waals surface area (Å²) in [7, 11) is 0. The first-order valence-corrected chi connectivity index (χ1v) is 3.80. The van der Waals surface area contributed by atoms with E-state index in [0.717, 1.165) is 12.8 Å². The third-order valence-electron chi connectivity index (χ3n) is 1.75. The van der Waals surface area contributed by atoms with Gasteiger partial charge in [0.2, 0.25) is 0 Å². The monoisotopic (exact) mass is 146 g/mol. The van der Waals surface area contributed by atoms with Crippen LogP contribution in [0.3, 0.4) is 0 Å². The Hall–Kier alpha value is 0.270. The largest absolute Gasteiger partial charge is 0.390 e. The van der Waals surface area contributed by atoms with Gasteiger partial charge < -0.3 is 9.84 Å². The molecule has 2 aliphatic carbocycles. The highest BCUT2D eigenvalue weighted by Crippen LogP contribution is 2.37. The minimum absolute atomic E-state index is 0.146. The van der Waals surface area contributed by atoms with E-state index >= 15 is 0 Å². The van der Waals surface area contributed by atoms with E-state index in [1.54, 1.807) is 0 Å². The average Bonchev–Trinajstić information content (AvgIpc) is 2.59. The van der Waals surface area contributed by atoms with E-state index in [9.17, 15) is 0 Å². The van der Waals surface area contributed by atoms with Gasteiger partial charge in [0, 0.05) is 11.7 Å². The van der Waals surface area contributed by atoms with Crippen molar-refractivity contribution in [2.24, 2.45) is 0 Å². The standard InChI is InChI=1S/C6H10O2S/c7-3-1-4(3)8-5-2-6(5)9/h3-7,9H,1-2H2. The molecule has 0 bridgehead atoms. The summed E-state index contributed by atoms with van der Waals surface area (Å²) >= 11 is 4.20. The molecule has 0 spiro atoms. The van der Waals surface area contributed by atoms with Crippen molar-refractivity contribution in [3.63, 3.8) is 0 Å². The van der Waals surface area contributed by atoms with Crippen LogP contribution in [0.5, 0.6) is 0 Å². The molecule has 2 saturated carbocycles. The van der Waals surface area contributed by atoms with Gasteiger partial charge in [0.25, 0.3) is 0 Å². The number of ether oxygens (including phenoxy) is 1. The van der Waals surface area contributed by atoms with Crippen molar-refractivity contribution in [3.05, 3.63) is 0 Å². The molecule has 0 aromatic heterocycles. The lowest BCUT2D eigenvalue weighted by Gasteiger charge is -1.96. The van der Waals surface area contributed by atoms with Crippen molar-refractivity contribution in [1.82, 2.24) is 0 Å². The third kappa shape index (κ3) is 1.23. The predicted octanol–water partition coefficient (Wildman–Crippen LogP) is 0.207. The molecule has 0 heterocycles. The normalized spacial score (nSPS) is 55.3. The van der Waals surface area contributed by atoms with E-state index in [-0.39, 0.29) is 12.2 Å². The maximum atomic E-state index is 8.84. The second-order valence-electron chi connectivity index (χ2n) is 2.82. The molecule has 9 heavy (non-hydrogen) atoms. The van der Waals surface area contributed by atoms with Crippen LogP contribution in [0.4, 0.5) is 0 Å². The summed E-state index contributed by atoms with van der Waals surface area (Å²) in [4.78, 5) is 0. The maximum absolute atomic E-state index is 8.84. The van der Waals surface area contributed by atoms with Gasteiger partial charge in [0.05, 0.1) is 18.3 Å². The molecule has 52 valence electrons. The summed E-state index contributed by atoms with van der Waals surface area (Å²) in [5, 5.41) is 9.28. The number of aliphatic hydroxyl groups excluding tert-OH is 1. The Morgan fingerprint density at radius 3 is 2.22 bits per heavy atom. The quantitative estimate of drug-likeness (QED) is 0.545. The van der Waals surface area contributed by atoms with Crippen LogP contribution in [0.15, 0.2) is 0 Å². The molecular formula is C6H10O2S. The summed E-state index contributed by atoms with van der Waals surface area (Å²) < 4.78 is 5.37. The summed E-state index contributed by atoms with van der Waals surface area (Å²) in [5.74, 6) is 0. The molecule has 2 rings (SSSR count). The molecule has 4 unspecified atom stereocenters.